The van der Waals surface area contributed by atoms with Crippen molar-refractivity contribution in [3.05, 3.63) is 58.6 Å². The van der Waals surface area contributed by atoms with Gasteiger partial charge < -0.3 is 20.1 Å². The summed E-state index contributed by atoms with van der Waals surface area (Å²) in [6, 6.07) is 15.0. The molecule has 7 heteroatoms. The van der Waals surface area contributed by atoms with Crippen molar-refractivity contribution in [2.75, 3.05) is 32.1 Å². The summed E-state index contributed by atoms with van der Waals surface area (Å²) >= 11 is 3.34. The zero-order valence-electron chi connectivity index (χ0n) is 14.5. The molecule has 0 heterocycles. The standard InChI is InChI=1S/C19H21BrN2O4/c1-25-17-4-2-3-14(11-17)9-10-21-18(23)13-26-19(24)12-22-16-7-5-15(20)6-8-16/h2-8,11,22H,9-10,12-13H2,1H3,(H,21,23). The minimum absolute atomic E-state index is 0.00127. The Bertz CT molecular complexity index is 735. The predicted molar refractivity (Wildman–Crippen MR) is 103 cm³/mol. The van der Waals surface area contributed by atoms with Gasteiger partial charge in [0.2, 0.25) is 0 Å². The molecule has 0 fully saturated rings. The average molecular weight is 421 g/mol. The van der Waals surface area contributed by atoms with Crippen LogP contribution in [0.1, 0.15) is 5.56 Å². The lowest BCUT2D eigenvalue weighted by molar-refractivity contribution is -0.146. The van der Waals surface area contributed by atoms with Gasteiger partial charge in [-0.15, -0.1) is 0 Å². The van der Waals surface area contributed by atoms with Gasteiger partial charge in [-0.05, 0) is 48.4 Å². The van der Waals surface area contributed by atoms with Crippen molar-refractivity contribution in [2.45, 2.75) is 6.42 Å². The van der Waals surface area contributed by atoms with Crippen molar-refractivity contribution in [3.8, 4) is 5.75 Å². The fourth-order valence-electron chi connectivity index (χ4n) is 2.16. The van der Waals surface area contributed by atoms with Crippen LogP contribution >= 0.6 is 15.9 Å². The number of ether oxygens (including phenoxy) is 2. The van der Waals surface area contributed by atoms with E-state index >= 15 is 0 Å². The number of halogens is 1. The molecule has 0 aliphatic carbocycles. The second-order valence-corrected chi connectivity index (χ2v) is 6.39. The van der Waals surface area contributed by atoms with Crippen LogP contribution in [0.25, 0.3) is 0 Å². The smallest absolute Gasteiger partial charge is 0.325 e. The minimum atomic E-state index is -0.490. The molecule has 0 radical (unpaired) electrons. The van der Waals surface area contributed by atoms with E-state index in [1.807, 2.05) is 48.5 Å². The molecule has 2 aromatic rings. The molecule has 138 valence electrons. The number of carbonyl (C=O) groups excluding carboxylic acids is 2. The summed E-state index contributed by atoms with van der Waals surface area (Å²) in [5.41, 5.74) is 1.85. The van der Waals surface area contributed by atoms with Crippen molar-refractivity contribution in [3.63, 3.8) is 0 Å². The van der Waals surface area contributed by atoms with E-state index in [4.69, 9.17) is 9.47 Å². The van der Waals surface area contributed by atoms with Crippen molar-refractivity contribution < 1.29 is 19.1 Å². The Morgan fingerprint density at radius 3 is 2.62 bits per heavy atom. The quantitative estimate of drug-likeness (QED) is 0.609. The molecule has 26 heavy (non-hydrogen) atoms. The Morgan fingerprint density at radius 2 is 1.88 bits per heavy atom. The highest BCUT2D eigenvalue weighted by Crippen LogP contribution is 2.14. The second-order valence-electron chi connectivity index (χ2n) is 5.47. The predicted octanol–water partition coefficient (Wildman–Crippen LogP) is 2.77. The van der Waals surface area contributed by atoms with E-state index in [1.54, 1.807) is 7.11 Å². The van der Waals surface area contributed by atoms with E-state index in [1.165, 1.54) is 0 Å². The van der Waals surface area contributed by atoms with Gasteiger partial charge in [0, 0.05) is 16.7 Å². The number of hydrogen-bond donors (Lipinski definition) is 2. The third-order valence-corrected chi connectivity index (χ3v) is 4.04. The zero-order valence-corrected chi connectivity index (χ0v) is 16.0. The molecule has 2 aromatic carbocycles. The average Bonchev–Trinajstić information content (AvgIpc) is 2.66. The number of esters is 1. The third-order valence-electron chi connectivity index (χ3n) is 3.52. The molecule has 2 N–H and O–H groups in total. The van der Waals surface area contributed by atoms with Gasteiger partial charge in [-0.1, -0.05) is 28.1 Å². The van der Waals surface area contributed by atoms with Crippen LogP contribution in [-0.4, -0.2) is 38.7 Å². The molecular weight excluding hydrogens is 400 g/mol. The van der Waals surface area contributed by atoms with Crippen molar-refractivity contribution in [2.24, 2.45) is 0 Å². The molecule has 0 saturated heterocycles. The summed E-state index contributed by atoms with van der Waals surface area (Å²) in [5.74, 6) is -0.0400. The van der Waals surface area contributed by atoms with Crippen molar-refractivity contribution in [1.82, 2.24) is 5.32 Å². The Balaban J connectivity index is 1.61. The summed E-state index contributed by atoms with van der Waals surface area (Å²) in [5, 5.41) is 5.65. The largest absolute Gasteiger partial charge is 0.497 e. The van der Waals surface area contributed by atoms with Gasteiger partial charge in [-0.25, -0.2) is 0 Å². The van der Waals surface area contributed by atoms with Crippen LogP contribution in [0.3, 0.4) is 0 Å². The summed E-state index contributed by atoms with van der Waals surface area (Å²) in [4.78, 5) is 23.4. The highest BCUT2D eigenvalue weighted by molar-refractivity contribution is 9.10. The minimum Gasteiger partial charge on any atom is -0.497 e. The molecule has 0 aliphatic heterocycles. The first-order valence-corrected chi connectivity index (χ1v) is 8.91. The molecule has 1 amide bonds. The first-order valence-electron chi connectivity index (χ1n) is 8.11. The molecule has 0 saturated carbocycles. The topological polar surface area (TPSA) is 76.7 Å². The fourth-order valence-corrected chi connectivity index (χ4v) is 2.43. The third kappa shape index (κ3) is 7.14. The fraction of sp³-hybridized carbons (Fsp3) is 0.263. The van der Waals surface area contributed by atoms with Gasteiger partial charge in [0.25, 0.3) is 5.91 Å². The number of amides is 1. The number of carbonyl (C=O) groups is 2. The molecule has 0 aliphatic rings. The van der Waals surface area contributed by atoms with E-state index in [0.717, 1.165) is 21.5 Å². The Hall–Kier alpha value is -2.54. The molecule has 2 rings (SSSR count). The van der Waals surface area contributed by atoms with Crippen molar-refractivity contribution in [1.29, 1.82) is 0 Å². The maximum Gasteiger partial charge on any atom is 0.325 e. The summed E-state index contributed by atoms with van der Waals surface area (Å²) in [6.07, 6.45) is 0.669. The monoisotopic (exact) mass is 420 g/mol. The van der Waals surface area contributed by atoms with E-state index in [9.17, 15) is 9.59 Å². The van der Waals surface area contributed by atoms with Gasteiger partial charge in [-0.3, -0.25) is 9.59 Å². The number of anilines is 1. The highest BCUT2D eigenvalue weighted by Gasteiger charge is 2.07. The van der Waals surface area contributed by atoms with E-state index in [2.05, 4.69) is 26.6 Å². The van der Waals surface area contributed by atoms with E-state index in [0.29, 0.717) is 13.0 Å². The first-order chi connectivity index (χ1) is 12.6. The van der Waals surface area contributed by atoms with Crippen LogP contribution in [0.4, 0.5) is 5.69 Å². The van der Waals surface area contributed by atoms with E-state index in [-0.39, 0.29) is 19.1 Å². The van der Waals surface area contributed by atoms with Crippen LogP contribution in [0, 0.1) is 0 Å². The zero-order chi connectivity index (χ0) is 18.8. The van der Waals surface area contributed by atoms with Crippen LogP contribution in [0.2, 0.25) is 0 Å². The second kappa shape index (κ2) is 10.5. The summed E-state index contributed by atoms with van der Waals surface area (Å²) in [6.45, 7) is 0.165. The van der Waals surface area contributed by atoms with Gasteiger partial charge in [-0.2, -0.15) is 0 Å². The van der Waals surface area contributed by atoms with Crippen LogP contribution in [0.15, 0.2) is 53.0 Å². The van der Waals surface area contributed by atoms with Gasteiger partial charge in [0.15, 0.2) is 6.61 Å². The molecule has 6 nitrogen and oxygen atoms in total. The van der Waals surface area contributed by atoms with Crippen molar-refractivity contribution >= 4 is 33.5 Å². The van der Waals surface area contributed by atoms with Crippen LogP contribution < -0.4 is 15.4 Å². The number of rotatable bonds is 9. The molecule has 0 unspecified atom stereocenters. The molecular formula is C19H21BrN2O4. The summed E-state index contributed by atoms with van der Waals surface area (Å²) < 4.78 is 11.1. The number of nitrogens with one attached hydrogen (secondary N) is 2. The maximum absolute atomic E-state index is 11.7. The normalized spacial score (nSPS) is 10.1. The Morgan fingerprint density at radius 1 is 1.12 bits per heavy atom. The first kappa shape index (κ1) is 19.8. The molecule has 0 atom stereocenters. The lowest BCUT2D eigenvalue weighted by Crippen LogP contribution is -2.31. The van der Waals surface area contributed by atoms with Gasteiger partial charge in [0.1, 0.15) is 12.3 Å². The number of hydrogen-bond acceptors (Lipinski definition) is 5. The summed E-state index contributed by atoms with van der Waals surface area (Å²) in [7, 11) is 1.61. The number of methoxy groups -OCH3 is 1. The van der Waals surface area contributed by atoms with Crippen LogP contribution in [-0.2, 0) is 20.7 Å². The maximum atomic E-state index is 11.7. The lowest BCUT2D eigenvalue weighted by atomic mass is 10.1. The van der Waals surface area contributed by atoms with Crippen LogP contribution in [0.5, 0.6) is 5.75 Å². The van der Waals surface area contributed by atoms with Gasteiger partial charge >= 0.3 is 5.97 Å². The Labute approximate surface area is 161 Å². The highest BCUT2D eigenvalue weighted by atomic mass is 79.9. The lowest BCUT2D eigenvalue weighted by Gasteiger charge is -2.09. The van der Waals surface area contributed by atoms with Gasteiger partial charge in [0.05, 0.1) is 7.11 Å². The number of benzene rings is 2. The van der Waals surface area contributed by atoms with E-state index < -0.39 is 5.97 Å². The molecule has 0 bridgehead atoms. The molecule has 0 aromatic heterocycles. The Kier molecular flexibility index (Phi) is 7.95. The SMILES string of the molecule is COc1cccc(CCNC(=O)COC(=O)CNc2ccc(Br)cc2)c1. The molecule has 0 spiro atoms.